The molecule has 2 atom stereocenters. The van der Waals surface area contributed by atoms with Crippen LogP contribution in [0.25, 0.3) is 0 Å². The molecule has 3 rings (SSSR count). The lowest BCUT2D eigenvalue weighted by Crippen LogP contribution is -2.37. The Bertz CT molecular complexity index is 659. The lowest BCUT2D eigenvalue weighted by Gasteiger charge is -2.39. The standard InChI is InChI=1S/C17H19FN2.C2H4O/c1-12-11-16(19-15-9-5-4-8-14(15)18)13-7-3-6-10-17(13)20(12)2;1-2-3/h3-10,12,16,19H,11H2,1-2H3;2H,1H3. The zero-order valence-corrected chi connectivity index (χ0v) is 13.8. The summed E-state index contributed by atoms with van der Waals surface area (Å²) in [5, 5.41) is 3.35. The van der Waals surface area contributed by atoms with E-state index in [1.807, 2.05) is 18.2 Å². The molecule has 23 heavy (non-hydrogen) atoms. The fourth-order valence-electron chi connectivity index (χ4n) is 2.87. The van der Waals surface area contributed by atoms with E-state index in [2.05, 4.69) is 36.3 Å². The molecule has 0 spiro atoms. The van der Waals surface area contributed by atoms with E-state index in [4.69, 9.17) is 4.79 Å². The smallest absolute Gasteiger partial charge is 0.146 e. The molecule has 0 aliphatic carbocycles. The zero-order chi connectivity index (χ0) is 16.8. The Balaban J connectivity index is 0.000000595. The summed E-state index contributed by atoms with van der Waals surface area (Å²) in [5.74, 6) is -0.198. The largest absolute Gasteiger partial charge is 0.376 e. The Hall–Kier alpha value is -2.36. The molecule has 0 radical (unpaired) electrons. The number of halogens is 1. The van der Waals surface area contributed by atoms with E-state index in [-0.39, 0.29) is 11.9 Å². The third kappa shape index (κ3) is 3.89. The van der Waals surface area contributed by atoms with Gasteiger partial charge in [0.15, 0.2) is 0 Å². The van der Waals surface area contributed by atoms with Crippen LogP contribution in [0.2, 0.25) is 0 Å². The number of hydrogen-bond acceptors (Lipinski definition) is 3. The number of benzene rings is 2. The van der Waals surface area contributed by atoms with Gasteiger partial charge in [0, 0.05) is 18.8 Å². The molecule has 4 heteroatoms. The van der Waals surface area contributed by atoms with Crippen LogP contribution in [0.5, 0.6) is 0 Å². The van der Waals surface area contributed by atoms with Crippen LogP contribution in [0.15, 0.2) is 48.5 Å². The topological polar surface area (TPSA) is 32.3 Å². The molecule has 2 aromatic rings. The maximum atomic E-state index is 13.8. The molecular formula is C19H23FN2O. The summed E-state index contributed by atoms with van der Waals surface area (Å²) in [7, 11) is 2.11. The highest BCUT2D eigenvalue weighted by atomic mass is 19.1. The highest BCUT2D eigenvalue weighted by molar-refractivity contribution is 5.60. The Kier molecular flexibility index (Phi) is 5.74. The second-order valence-electron chi connectivity index (χ2n) is 5.67. The van der Waals surface area contributed by atoms with Crippen LogP contribution in [-0.2, 0) is 4.79 Å². The van der Waals surface area contributed by atoms with Gasteiger partial charge in [0.1, 0.15) is 12.1 Å². The van der Waals surface area contributed by atoms with Crippen molar-refractivity contribution < 1.29 is 9.18 Å². The average Bonchev–Trinajstić information content (AvgIpc) is 2.55. The molecule has 0 amide bonds. The van der Waals surface area contributed by atoms with Gasteiger partial charge in [-0.3, -0.25) is 0 Å². The number of nitrogens with zero attached hydrogens (tertiary/aromatic N) is 1. The van der Waals surface area contributed by atoms with Gasteiger partial charge in [0.25, 0.3) is 0 Å². The van der Waals surface area contributed by atoms with Crippen LogP contribution >= 0.6 is 0 Å². The summed E-state index contributed by atoms with van der Waals surface area (Å²) in [5.41, 5.74) is 3.03. The molecule has 1 aliphatic rings. The molecule has 0 aromatic heterocycles. The van der Waals surface area contributed by atoms with Crippen molar-refractivity contribution in [2.75, 3.05) is 17.3 Å². The number of anilines is 2. The fraction of sp³-hybridized carbons (Fsp3) is 0.316. The third-order valence-corrected chi connectivity index (χ3v) is 4.13. The lowest BCUT2D eigenvalue weighted by molar-refractivity contribution is -0.106. The zero-order valence-electron chi connectivity index (χ0n) is 13.8. The lowest BCUT2D eigenvalue weighted by atomic mass is 9.92. The number of aldehydes is 1. The Morgan fingerprint density at radius 2 is 1.78 bits per heavy atom. The fourth-order valence-corrected chi connectivity index (χ4v) is 2.87. The Morgan fingerprint density at radius 1 is 1.17 bits per heavy atom. The van der Waals surface area contributed by atoms with Gasteiger partial charge >= 0.3 is 0 Å². The molecule has 0 saturated carbocycles. The van der Waals surface area contributed by atoms with Gasteiger partial charge in [0.2, 0.25) is 0 Å². The minimum absolute atomic E-state index is 0.147. The summed E-state index contributed by atoms with van der Waals surface area (Å²) >= 11 is 0. The third-order valence-electron chi connectivity index (χ3n) is 4.13. The molecule has 1 N–H and O–H groups in total. The Labute approximate surface area is 137 Å². The molecule has 2 unspecified atom stereocenters. The first kappa shape index (κ1) is 17.0. The van der Waals surface area contributed by atoms with Crippen LogP contribution in [0, 0.1) is 5.82 Å². The van der Waals surface area contributed by atoms with Gasteiger partial charge in [-0.25, -0.2) is 4.39 Å². The van der Waals surface area contributed by atoms with Crippen LogP contribution in [0.3, 0.4) is 0 Å². The Morgan fingerprint density at radius 3 is 2.48 bits per heavy atom. The van der Waals surface area contributed by atoms with Crippen molar-refractivity contribution in [3.63, 3.8) is 0 Å². The number of hydrogen-bond donors (Lipinski definition) is 1. The number of fused-ring (bicyclic) bond motifs is 1. The van der Waals surface area contributed by atoms with Crippen LogP contribution < -0.4 is 10.2 Å². The summed E-state index contributed by atoms with van der Waals surface area (Å²) in [6.45, 7) is 3.64. The number of rotatable bonds is 2. The van der Waals surface area contributed by atoms with E-state index in [9.17, 15) is 4.39 Å². The SMILES string of the molecule is CC1CC(Nc2ccccc2F)c2ccccc2N1C.CC=O. The normalized spacial score (nSPS) is 19.2. The van der Waals surface area contributed by atoms with Gasteiger partial charge in [0.05, 0.1) is 11.7 Å². The number of para-hydroxylation sites is 2. The van der Waals surface area contributed by atoms with Crippen molar-refractivity contribution in [3.8, 4) is 0 Å². The first-order valence-corrected chi connectivity index (χ1v) is 7.81. The highest BCUT2D eigenvalue weighted by Crippen LogP contribution is 2.38. The van der Waals surface area contributed by atoms with Gasteiger partial charge in [-0.1, -0.05) is 30.3 Å². The molecule has 122 valence electrons. The van der Waals surface area contributed by atoms with E-state index < -0.39 is 0 Å². The van der Waals surface area contributed by atoms with Crippen molar-refractivity contribution in [1.29, 1.82) is 0 Å². The maximum absolute atomic E-state index is 13.8. The van der Waals surface area contributed by atoms with Crippen LogP contribution in [0.4, 0.5) is 15.8 Å². The summed E-state index contributed by atoms with van der Waals surface area (Å²) in [6.07, 6.45) is 1.71. The van der Waals surface area contributed by atoms with Gasteiger partial charge in [-0.15, -0.1) is 0 Å². The number of nitrogens with one attached hydrogen (secondary N) is 1. The van der Waals surface area contributed by atoms with E-state index in [1.54, 1.807) is 12.1 Å². The van der Waals surface area contributed by atoms with Crippen LogP contribution in [-0.4, -0.2) is 19.4 Å². The van der Waals surface area contributed by atoms with Crippen molar-refractivity contribution in [2.24, 2.45) is 0 Å². The molecule has 3 nitrogen and oxygen atoms in total. The van der Waals surface area contributed by atoms with Crippen LogP contribution in [0.1, 0.15) is 31.9 Å². The summed E-state index contributed by atoms with van der Waals surface area (Å²) in [6, 6.07) is 15.8. The van der Waals surface area contributed by atoms with Crippen molar-refractivity contribution in [1.82, 2.24) is 0 Å². The van der Waals surface area contributed by atoms with Crippen molar-refractivity contribution in [3.05, 3.63) is 59.9 Å². The monoisotopic (exact) mass is 314 g/mol. The second-order valence-corrected chi connectivity index (χ2v) is 5.67. The maximum Gasteiger partial charge on any atom is 0.146 e. The molecule has 1 aliphatic heterocycles. The van der Waals surface area contributed by atoms with E-state index in [1.165, 1.54) is 24.2 Å². The molecule has 2 aromatic carbocycles. The van der Waals surface area contributed by atoms with Gasteiger partial charge < -0.3 is 15.0 Å². The highest BCUT2D eigenvalue weighted by Gasteiger charge is 2.27. The van der Waals surface area contributed by atoms with Gasteiger partial charge in [-0.2, -0.15) is 0 Å². The minimum Gasteiger partial charge on any atom is -0.376 e. The average molecular weight is 314 g/mol. The van der Waals surface area contributed by atoms with E-state index in [0.29, 0.717) is 11.7 Å². The second kappa shape index (κ2) is 7.77. The van der Waals surface area contributed by atoms with Crippen molar-refractivity contribution in [2.45, 2.75) is 32.4 Å². The minimum atomic E-state index is -0.198. The molecule has 0 saturated heterocycles. The predicted octanol–water partition coefficient (Wildman–Crippen LogP) is 4.41. The molecule has 1 heterocycles. The first-order chi connectivity index (χ1) is 11.1. The van der Waals surface area contributed by atoms with E-state index in [0.717, 1.165) is 12.7 Å². The molecule has 0 fully saturated rings. The first-order valence-electron chi connectivity index (χ1n) is 7.81. The van der Waals surface area contributed by atoms with E-state index >= 15 is 0 Å². The quantitative estimate of drug-likeness (QED) is 0.833. The van der Waals surface area contributed by atoms with Gasteiger partial charge in [-0.05, 0) is 44.0 Å². The molecular weight excluding hydrogens is 291 g/mol. The number of carbonyl (C=O) groups is 1. The van der Waals surface area contributed by atoms with Crippen molar-refractivity contribution >= 4 is 17.7 Å². The number of carbonyl (C=O) groups excluding carboxylic acids is 1. The summed E-state index contributed by atoms with van der Waals surface area (Å²) < 4.78 is 13.8. The predicted molar refractivity (Wildman–Crippen MR) is 93.4 cm³/mol. The molecule has 0 bridgehead atoms. The summed E-state index contributed by atoms with van der Waals surface area (Å²) in [4.78, 5) is 11.1.